The van der Waals surface area contributed by atoms with Crippen LogP contribution >= 0.6 is 0 Å². The number of nitrogens with one attached hydrogen (secondary N) is 2. The fraction of sp³-hybridized carbons (Fsp3) is 0.174. The number of hydrogen-bond acceptors (Lipinski definition) is 7. The van der Waals surface area contributed by atoms with Crippen LogP contribution in [0.2, 0.25) is 0 Å². The van der Waals surface area contributed by atoms with Gasteiger partial charge in [-0.15, -0.1) is 0 Å². The van der Waals surface area contributed by atoms with E-state index in [9.17, 15) is 12.8 Å². The quantitative estimate of drug-likeness (QED) is 0.410. The molecule has 1 aliphatic heterocycles. The van der Waals surface area contributed by atoms with Crippen molar-refractivity contribution in [3.8, 4) is 5.82 Å². The molecule has 0 spiro atoms. The van der Waals surface area contributed by atoms with Crippen LogP contribution in [-0.2, 0) is 23.0 Å². The first-order chi connectivity index (χ1) is 16.4. The molecule has 0 saturated heterocycles. The molecule has 0 fully saturated rings. The van der Waals surface area contributed by atoms with Crippen molar-refractivity contribution < 1.29 is 12.8 Å². The highest BCUT2D eigenvalue weighted by Gasteiger charge is 2.24. The van der Waals surface area contributed by atoms with Crippen molar-refractivity contribution in [1.82, 2.24) is 28.8 Å². The monoisotopic (exact) mass is 477 g/mol. The molecule has 2 N–H and O–H groups in total. The molecule has 0 saturated carbocycles. The standard InChI is InChI=1S/C23H20FN7O2S/c1-34(32,33)31-19-7-6-14(10-15(19)16-11-25-9-8-20(16)31)28-23-26-12-17(24)22(29-23)30-13-27-18-4-2-3-5-21(18)30/h2-7,10,12-13,25H,8-9,11H2,1H3,(H,26,28,29). The Balaban J connectivity index is 1.42. The topological polar surface area (TPSA) is 107 Å². The highest BCUT2D eigenvalue weighted by atomic mass is 32.2. The van der Waals surface area contributed by atoms with Crippen LogP contribution in [0, 0.1) is 5.82 Å². The molecule has 5 aromatic rings. The maximum Gasteiger partial charge on any atom is 0.236 e. The van der Waals surface area contributed by atoms with E-state index in [0.29, 0.717) is 24.2 Å². The number of hydrogen-bond donors (Lipinski definition) is 2. The summed E-state index contributed by atoms with van der Waals surface area (Å²) in [6.07, 6.45) is 4.49. The summed E-state index contributed by atoms with van der Waals surface area (Å²) in [5, 5.41) is 7.27. The molecular formula is C23H20FN7O2S. The Morgan fingerprint density at radius 2 is 1.97 bits per heavy atom. The number of imidazole rings is 1. The number of benzene rings is 2. The smallest absolute Gasteiger partial charge is 0.236 e. The first-order valence-electron chi connectivity index (χ1n) is 10.7. The van der Waals surface area contributed by atoms with Crippen molar-refractivity contribution in [3.05, 3.63) is 72.1 Å². The molecule has 3 aromatic heterocycles. The zero-order valence-corrected chi connectivity index (χ0v) is 19.0. The molecule has 0 aliphatic carbocycles. The van der Waals surface area contributed by atoms with Gasteiger partial charge in [-0.05, 0) is 35.9 Å². The van der Waals surface area contributed by atoms with E-state index in [1.54, 1.807) is 16.7 Å². The number of para-hydroxylation sites is 2. The lowest BCUT2D eigenvalue weighted by Crippen LogP contribution is -2.26. The first-order valence-corrected chi connectivity index (χ1v) is 12.5. The maximum absolute atomic E-state index is 14.6. The van der Waals surface area contributed by atoms with Crippen LogP contribution in [0.3, 0.4) is 0 Å². The lowest BCUT2D eigenvalue weighted by atomic mass is 10.1. The van der Waals surface area contributed by atoms with E-state index in [4.69, 9.17) is 0 Å². The molecule has 34 heavy (non-hydrogen) atoms. The molecule has 0 unspecified atom stereocenters. The molecule has 4 heterocycles. The summed E-state index contributed by atoms with van der Waals surface area (Å²) in [4.78, 5) is 12.8. The van der Waals surface area contributed by atoms with E-state index in [1.165, 1.54) is 16.6 Å². The molecule has 0 atom stereocenters. The highest BCUT2D eigenvalue weighted by Crippen LogP contribution is 2.32. The second kappa shape index (κ2) is 7.61. The third kappa shape index (κ3) is 3.32. The molecule has 0 bridgehead atoms. The Kier molecular flexibility index (Phi) is 4.64. The van der Waals surface area contributed by atoms with E-state index < -0.39 is 15.8 Å². The fourth-order valence-electron chi connectivity index (χ4n) is 4.55. The average Bonchev–Trinajstić information content (AvgIpc) is 3.39. The summed E-state index contributed by atoms with van der Waals surface area (Å²) in [7, 11) is -3.46. The fourth-order valence-corrected chi connectivity index (χ4v) is 5.67. The van der Waals surface area contributed by atoms with Crippen molar-refractivity contribution in [3.63, 3.8) is 0 Å². The van der Waals surface area contributed by atoms with Gasteiger partial charge in [0.25, 0.3) is 0 Å². The number of halogens is 1. The first kappa shape index (κ1) is 20.8. The van der Waals surface area contributed by atoms with Gasteiger partial charge < -0.3 is 10.6 Å². The predicted octanol–water partition coefficient (Wildman–Crippen LogP) is 3.11. The van der Waals surface area contributed by atoms with Gasteiger partial charge in [-0.1, -0.05) is 12.1 Å². The largest absolute Gasteiger partial charge is 0.324 e. The number of fused-ring (bicyclic) bond motifs is 4. The minimum atomic E-state index is -3.46. The second-order valence-corrected chi connectivity index (χ2v) is 10.0. The summed E-state index contributed by atoms with van der Waals surface area (Å²) < 4.78 is 42.6. The van der Waals surface area contributed by atoms with Gasteiger partial charge >= 0.3 is 0 Å². The van der Waals surface area contributed by atoms with E-state index in [2.05, 4.69) is 25.6 Å². The van der Waals surface area contributed by atoms with Gasteiger partial charge in [0.2, 0.25) is 16.0 Å². The van der Waals surface area contributed by atoms with Crippen molar-refractivity contribution >= 4 is 43.6 Å². The Bertz CT molecular complexity index is 1690. The Morgan fingerprint density at radius 1 is 1.12 bits per heavy atom. The Hall–Kier alpha value is -3.83. The van der Waals surface area contributed by atoms with Crippen LogP contribution in [0.15, 0.2) is 55.0 Å². The number of aromatic nitrogens is 5. The lowest BCUT2D eigenvalue weighted by Gasteiger charge is -2.15. The third-order valence-corrected chi connectivity index (χ3v) is 7.05. The minimum Gasteiger partial charge on any atom is -0.324 e. The summed E-state index contributed by atoms with van der Waals surface area (Å²) in [6, 6.07) is 12.8. The number of nitrogens with zero attached hydrogens (tertiary/aromatic N) is 5. The molecule has 0 amide bonds. The van der Waals surface area contributed by atoms with Crippen molar-refractivity contribution in [1.29, 1.82) is 0 Å². The molecule has 6 rings (SSSR count). The van der Waals surface area contributed by atoms with E-state index in [1.807, 2.05) is 30.3 Å². The zero-order chi connectivity index (χ0) is 23.4. The summed E-state index contributed by atoms with van der Waals surface area (Å²) in [6.45, 7) is 1.31. The molecular weight excluding hydrogens is 457 g/mol. The van der Waals surface area contributed by atoms with E-state index in [-0.39, 0.29) is 11.8 Å². The number of rotatable bonds is 4. The van der Waals surface area contributed by atoms with E-state index >= 15 is 0 Å². The van der Waals surface area contributed by atoms with Crippen LogP contribution in [-0.4, -0.2) is 44.7 Å². The highest BCUT2D eigenvalue weighted by molar-refractivity contribution is 7.89. The van der Waals surface area contributed by atoms with E-state index in [0.717, 1.165) is 40.4 Å². The van der Waals surface area contributed by atoms with Gasteiger partial charge in [0, 0.05) is 36.3 Å². The summed E-state index contributed by atoms with van der Waals surface area (Å²) in [5.41, 5.74) is 4.52. The predicted molar refractivity (Wildman–Crippen MR) is 127 cm³/mol. The summed E-state index contributed by atoms with van der Waals surface area (Å²) >= 11 is 0. The lowest BCUT2D eigenvalue weighted by molar-refractivity contribution is 0.586. The molecule has 1 aliphatic rings. The van der Waals surface area contributed by atoms with Crippen molar-refractivity contribution in [2.75, 3.05) is 18.1 Å². The van der Waals surface area contributed by atoms with Gasteiger partial charge in [-0.3, -0.25) is 4.57 Å². The third-order valence-electron chi connectivity index (χ3n) is 5.97. The normalized spacial score (nSPS) is 13.9. The summed E-state index contributed by atoms with van der Waals surface area (Å²) in [5.74, 6) is -0.283. The Labute approximate surface area is 194 Å². The van der Waals surface area contributed by atoms with Crippen molar-refractivity contribution in [2.24, 2.45) is 0 Å². The second-order valence-electron chi connectivity index (χ2n) is 8.20. The minimum absolute atomic E-state index is 0.0806. The molecule has 0 radical (unpaired) electrons. The molecule has 172 valence electrons. The number of anilines is 2. The van der Waals surface area contributed by atoms with Gasteiger partial charge in [0.05, 0.1) is 29.0 Å². The molecule has 9 nitrogen and oxygen atoms in total. The molecule has 11 heteroatoms. The average molecular weight is 478 g/mol. The van der Waals surface area contributed by atoms with Crippen LogP contribution in [0.25, 0.3) is 27.8 Å². The van der Waals surface area contributed by atoms with Gasteiger partial charge in [-0.25, -0.2) is 26.7 Å². The Morgan fingerprint density at radius 3 is 2.82 bits per heavy atom. The zero-order valence-electron chi connectivity index (χ0n) is 18.2. The van der Waals surface area contributed by atoms with Gasteiger partial charge in [-0.2, -0.15) is 4.98 Å². The SMILES string of the molecule is CS(=O)(=O)n1c2c(c3cc(Nc4ncc(F)c(-n5cnc6ccccc65)n4)ccc31)CNCC2. The van der Waals surface area contributed by atoms with Crippen LogP contribution in [0.4, 0.5) is 16.0 Å². The van der Waals surface area contributed by atoms with Crippen LogP contribution in [0.1, 0.15) is 11.3 Å². The van der Waals surface area contributed by atoms with Crippen molar-refractivity contribution in [2.45, 2.75) is 13.0 Å². The van der Waals surface area contributed by atoms with Crippen LogP contribution < -0.4 is 10.6 Å². The maximum atomic E-state index is 14.6. The van der Waals surface area contributed by atoms with Gasteiger partial charge in [0.1, 0.15) is 6.33 Å². The molecule has 2 aromatic carbocycles. The van der Waals surface area contributed by atoms with Gasteiger partial charge in [0.15, 0.2) is 11.6 Å². The van der Waals surface area contributed by atoms with Crippen LogP contribution in [0.5, 0.6) is 0 Å².